The molecule has 2 N–H and O–H groups in total. The maximum Gasteiger partial charge on any atom is 0.310 e. The van der Waals surface area contributed by atoms with Crippen molar-refractivity contribution in [3.8, 4) is 5.75 Å². The van der Waals surface area contributed by atoms with Gasteiger partial charge in [-0.25, -0.2) is 0 Å². The first-order chi connectivity index (χ1) is 9.29. The van der Waals surface area contributed by atoms with E-state index in [0.717, 1.165) is 16.7 Å². The Morgan fingerprint density at radius 2 is 1.95 bits per heavy atom. The lowest BCUT2D eigenvalue weighted by atomic mass is 9.83. The number of hydrogen-bond acceptors (Lipinski definition) is 4. The van der Waals surface area contributed by atoms with Crippen molar-refractivity contribution in [3.05, 3.63) is 28.8 Å². The highest BCUT2D eigenvalue weighted by Gasteiger charge is 2.21. The second-order valence-electron chi connectivity index (χ2n) is 5.88. The van der Waals surface area contributed by atoms with Crippen molar-refractivity contribution in [2.24, 2.45) is 0 Å². The van der Waals surface area contributed by atoms with Gasteiger partial charge in [0.15, 0.2) is 0 Å². The summed E-state index contributed by atoms with van der Waals surface area (Å²) < 4.78 is 4.87. The molecule has 4 nitrogen and oxygen atoms in total. The van der Waals surface area contributed by atoms with E-state index in [9.17, 15) is 9.90 Å². The Morgan fingerprint density at radius 1 is 1.30 bits per heavy atom. The number of carbonyl (C=O) groups is 1. The van der Waals surface area contributed by atoms with E-state index in [1.807, 2.05) is 39.8 Å². The zero-order valence-corrected chi connectivity index (χ0v) is 12.7. The zero-order chi connectivity index (χ0) is 15.3. The van der Waals surface area contributed by atoms with Gasteiger partial charge in [-0.15, -0.1) is 0 Å². The number of aliphatic hydroxyl groups excluding tert-OH is 1. The fourth-order valence-corrected chi connectivity index (χ4v) is 2.08. The Kier molecular flexibility index (Phi) is 5.57. The molecular formula is C16H24O4. The third-order valence-electron chi connectivity index (χ3n) is 3.14. The molecule has 0 aliphatic carbocycles. The van der Waals surface area contributed by atoms with Crippen molar-refractivity contribution in [1.82, 2.24) is 0 Å². The minimum atomic E-state index is -0.369. The summed E-state index contributed by atoms with van der Waals surface area (Å²) in [5.41, 5.74) is 2.30. The zero-order valence-electron chi connectivity index (χ0n) is 12.7. The number of rotatable bonds is 5. The number of phenolic OH excluding ortho intramolecular Hbond substituents is 1. The normalized spacial score (nSPS) is 11.4. The predicted molar refractivity (Wildman–Crippen MR) is 77.9 cm³/mol. The second-order valence-corrected chi connectivity index (χ2v) is 5.88. The first kappa shape index (κ1) is 16.5. The van der Waals surface area contributed by atoms with Crippen molar-refractivity contribution in [1.29, 1.82) is 0 Å². The van der Waals surface area contributed by atoms with Crippen LogP contribution in [-0.2, 0) is 27.8 Å². The maximum atomic E-state index is 11.6. The van der Waals surface area contributed by atoms with Gasteiger partial charge in [-0.05, 0) is 28.5 Å². The van der Waals surface area contributed by atoms with Gasteiger partial charge >= 0.3 is 5.97 Å². The molecule has 0 amide bonds. The smallest absolute Gasteiger partial charge is 0.310 e. The molecule has 0 spiro atoms. The van der Waals surface area contributed by atoms with Crippen molar-refractivity contribution in [2.75, 3.05) is 13.2 Å². The summed E-state index contributed by atoms with van der Waals surface area (Å²) in [6, 6.07) is 3.69. The molecule has 0 atom stereocenters. The molecule has 0 aliphatic heterocycles. The molecule has 1 aromatic rings. The lowest BCUT2D eigenvalue weighted by molar-refractivity contribution is -0.143. The van der Waals surface area contributed by atoms with Crippen LogP contribution in [0.25, 0.3) is 0 Å². The number of aliphatic hydroxyl groups is 1. The molecule has 0 fully saturated rings. The average Bonchev–Trinajstić information content (AvgIpc) is 2.36. The van der Waals surface area contributed by atoms with Crippen molar-refractivity contribution in [2.45, 2.75) is 46.0 Å². The van der Waals surface area contributed by atoms with Gasteiger partial charge in [0.05, 0.1) is 13.0 Å². The molecule has 4 heteroatoms. The summed E-state index contributed by atoms with van der Waals surface area (Å²) in [5, 5.41) is 18.9. The molecule has 0 bridgehead atoms. The number of hydrogen-bond donors (Lipinski definition) is 2. The molecule has 0 saturated heterocycles. The average molecular weight is 280 g/mol. The van der Waals surface area contributed by atoms with Crippen molar-refractivity contribution in [3.63, 3.8) is 0 Å². The van der Waals surface area contributed by atoms with Crippen LogP contribution in [-0.4, -0.2) is 29.4 Å². The van der Waals surface area contributed by atoms with Crippen LogP contribution in [0.2, 0.25) is 0 Å². The Bertz CT molecular complexity index is 472. The van der Waals surface area contributed by atoms with Crippen LogP contribution in [0.15, 0.2) is 12.1 Å². The highest BCUT2D eigenvalue weighted by molar-refractivity contribution is 5.73. The van der Waals surface area contributed by atoms with Crippen LogP contribution < -0.4 is 0 Å². The van der Waals surface area contributed by atoms with E-state index in [0.29, 0.717) is 12.2 Å². The van der Waals surface area contributed by atoms with Gasteiger partial charge in [0.1, 0.15) is 12.4 Å². The SMILES string of the molecule is CCc1cc(CC(=O)OCCO)cc(C(C)(C)C)c1O. The summed E-state index contributed by atoms with van der Waals surface area (Å²) >= 11 is 0. The molecular weight excluding hydrogens is 256 g/mol. The minimum Gasteiger partial charge on any atom is -0.507 e. The van der Waals surface area contributed by atoms with Crippen LogP contribution in [0, 0.1) is 0 Å². The Hall–Kier alpha value is -1.55. The molecule has 0 aliphatic rings. The van der Waals surface area contributed by atoms with Crippen molar-refractivity contribution >= 4 is 5.97 Å². The third-order valence-corrected chi connectivity index (χ3v) is 3.14. The number of carbonyl (C=O) groups excluding carboxylic acids is 1. The molecule has 0 saturated carbocycles. The summed E-state index contributed by atoms with van der Waals surface area (Å²) in [6.07, 6.45) is 0.852. The Morgan fingerprint density at radius 3 is 2.45 bits per heavy atom. The topological polar surface area (TPSA) is 66.8 Å². The van der Waals surface area contributed by atoms with Crippen LogP contribution in [0.3, 0.4) is 0 Å². The molecule has 0 heterocycles. The number of phenols is 1. The Balaban J connectivity index is 3.06. The van der Waals surface area contributed by atoms with Gasteiger partial charge in [-0.3, -0.25) is 4.79 Å². The summed E-state index contributed by atoms with van der Waals surface area (Å²) in [5.74, 6) is -0.0564. The molecule has 1 rings (SSSR count). The molecule has 0 aromatic heterocycles. The summed E-state index contributed by atoms with van der Waals surface area (Å²) in [6.45, 7) is 7.88. The second kappa shape index (κ2) is 6.75. The van der Waals surface area contributed by atoms with Gasteiger partial charge in [-0.1, -0.05) is 39.8 Å². The minimum absolute atomic E-state index is 0.0175. The van der Waals surface area contributed by atoms with E-state index in [4.69, 9.17) is 9.84 Å². The van der Waals surface area contributed by atoms with Crippen molar-refractivity contribution < 1.29 is 19.7 Å². The highest BCUT2D eigenvalue weighted by Crippen LogP contribution is 2.34. The lowest BCUT2D eigenvalue weighted by Gasteiger charge is -2.23. The van der Waals surface area contributed by atoms with Crippen LogP contribution in [0.4, 0.5) is 0 Å². The highest BCUT2D eigenvalue weighted by atomic mass is 16.5. The van der Waals surface area contributed by atoms with E-state index in [2.05, 4.69) is 0 Å². The summed E-state index contributed by atoms with van der Waals surface area (Å²) in [7, 11) is 0. The molecule has 0 radical (unpaired) electrons. The van der Waals surface area contributed by atoms with E-state index < -0.39 is 0 Å². The molecule has 112 valence electrons. The largest absolute Gasteiger partial charge is 0.507 e. The van der Waals surface area contributed by atoms with E-state index in [1.54, 1.807) is 0 Å². The van der Waals surface area contributed by atoms with Gasteiger partial charge in [0.2, 0.25) is 0 Å². The fraction of sp³-hybridized carbons (Fsp3) is 0.562. The third kappa shape index (κ3) is 4.23. The van der Waals surface area contributed by atoms with E-state index in [-0.39, 0.29) is 31.0 Å². The first-order valence-corrected chi connectivity index (χ1v) is 6.91. The van der Waals surface area contributed by atoms with Crippen LogP contribution in [0.5, 0.6) is 5.75 Å². The maximum absolute atomic E-state index is 11.6. The monoisotopic (exact) mass is 280 g/mol. The van der Waals surface area contributed by atoms with Gasteiger partial charge < -0.3 is 14.9 Å². The number of benzene rings is 1. The molecule has 0 unspecified atom stereocenters. The van der Waals surface area contributed by atoms with Crippen LogP contribution in [0.1, 0.15) is 44.4 Å². The van der Waals surface area contributed by atoms with E-state index in [1.165, 1.54) is 0 Å². The number of ether oxygens (including phenoxy) is 1. The number of aromatic hydroxyl groups is 1. The summed E-state index contributed by atoms with van der Waals surface area (Å²) in [4.78, 5) is 11.6. The van der Waals surface area contributed by atoms with Gasteiger partial charge in [0.25, 0.3) is 0 Å². The molecule has 20 heavy (non-hydrogen) atoms. The fourth-order valence-electron chi connectivity index (χ4n) is 2.08. The van der Waals surface area contributed by atoms with Crippen LogP contribution >= 0.6 is 0 Å². The predicted octanol–water partition coefficient (Wildman–Crippen LogP) is 2.33. The Labute approximate surface area is 120 Å². The molecule has 1 aromatic carbocycles. The number of aryl methyl sites for hydroxylation is 1. The first-order valence-electron chi connectivity index (χ1n) is 6.91. The van der Waals surface area contributed by atoms with E-state index >= 15 is 0 Å². The number of esters is 1. The van der Waals surface area contributed by atoms with Gasteiger partial charge in [-0.2, -0.15) is 0 Å². The lowest BCUT2D eigenvalue weighted by Crippen LogP contribution is -2.15. The standard InChI is InChI=1S/C16H24O4/c1-5-12-8-11(10-14(18)20-7-6-17)9-13(15(12)19)16(2,3)4/h8-9,17,19H,5-7,10H2,1-4H3. The quantitative estimate of drug-likeness (QED) is 0.812. The van der Waals surface area contributed by atoms with Gasteiger partial charge in [0, 0.05) is 0 Å².